The molecule has 0 aromatic carbocycles. The Labute approximate surface area is 101 Å². The maximum Gasteiger partial charge on any atom is 0.307 e. The maximum atomic E-state index is 11.5. The van der Waals surface area contributed by atoms with Gasteiger partial charge in [-0.25, -0.2) is 0 Å². The van der Waals surface area contributed by atoms with Gasteiger partial charge in [0, 0.05) is 6.54 Å². The Bertz CT molecular complexity index is 299. The molecule has 2 aliphatic rings. The van der Waals surface area contributed by atoms with E-state index < -0.39 is 11.9 Å². The third kappa shape index (κ3) is 3.43. The molecule has 2 N–H and O–H groups in total. The first-order chi connectivity index (χ1) is 8.18. The van der Waals surface area contributed by atoms with E-state index in [4.69, 9.17) is 9.84 Å². The summed E-state index contributed by atoms with van der Waals surface area (Å²) in [6.45, 7) is 1.01. The average molecular weight is 241 g/mol. The second kappa shape index (κ2) is 5.49. The highest BCUT2D eigenvalue weighted by Gasteiger charge is 2.48. The number of hydrogen-bond donors (Lipinski definition) is 2. The number of nitrogens with one attached hydrogen (secondary N) is 1. The van der Waals surface area contributed by atoms with Crippen LogP contribution in [0.5, 0.6) is 0 Å². The summed E-state index contributed by atoms with van der Waals surface area (Å²) in [6.07, 6.45) is 5.55. The van der Waals surface area contributed by atoms with Gasteiger partial charge in [-0.2, -0.15) is 0 Å². The molecule has 17 heavy (non-hydrogen) atoms. The molecule has 0 aromatic rings. The number of rotatable bonds is 6. The molecule has 96 valence electrons. The highest BCUT2D eigenvalue weighted by atomic mass is 16.5. The van der Waals surface area contributed by atoms with Gasteiger partial charge in [0.15, 0.2) is 0 Å². The minimum absolute atomic E-state index is 0.146. The number of hydrogen-bond acceptors (Lipinski definition) is 3. The molecule has 0 aromatic heterocycles. The first-order valence-corrected chi connectivity index (χ1v) is 6.30. The Kier molecular flexibility index (Phi) is 3.99. The van der Waals surface area contributed by atoms with Gasteiger partial charge >= 0.3 is 5.97 Å². The molecule has 0 unspecified atom stereocenters. The Morgan fingerprint density at radius 1 is 1.24 bits per heavy atom. The van der Waals surface area contributed by atoms with Crippen LogP contribution in [0.25, 0.3) is 0 Å². The Morgan fingerprint density at radius 3 is 2.53 bits per heavy atom. The zero-order chi connectivity index (χ0) is 12.3. The normalized spacial score (nSPS) is 28.0. The van der Waals surface area contributed by atoms with Crippen molar-refractivity contribution in [1.82, 2.24) is 5.32 Å². The molecule has 0 heterocycles. The summed E-state index contributed by atoms with van der Waals surface area (Å²) in [4.78, 5) is 22.1. The second-order valence-electron chi connectivity index (χ2n) is 4.86. The summed E-state index contributed by atoms with van der Waals surface area (Å²) >= 11 is 0. The number of carboxylic acids is 1. The van der Waals surface area contributed by atoms with Gasteiger partial charge < -0.3 is 15.2 Å². The number of aliphatic carboxylic acids is 1. The molecule has 1 amide bonds. The van der Waals surface area contributed by atoms with Gasteiger partial charge in [-0.15, -0.1) is 0 Å². The maximum absolute atomic E-state index is 11.5. The summed E-state index contributed by atoms with van der Waals surface area (Å²) in [7, 11) is 0. The lowest BCUT2D eigenvalue weighted by molar-refractivity contribution is -0.140. The van der Waals surface area contributed by atoms with Gasteiger partial charge in [-0.1, -0.05) is 12.8 Å². The number of ether oxygens (including phenoxy) is 1. The van der Waals surface area contributed by atoms with Crippen LogP contribution in [0.3, 0.4) is 0 Å². The van der Waals surface area contributed by atoms with Crippen LogP contribution in [0.1, 0.15) is 32.1 Å². The molecular weight excluding hydrogens is 222 g/mol. The molecule has 0 bridgehead atoms. The molecule has 0 spiro atoms. The Balaban J connectivity index is 1.53. The molecule has 2 atom stereocenters. The molecule has 5 heteroatoms. The molecule has 0 aliphatic heterocycles. The van der Waals surface area contributed by atoms with Crippen molar-refractivity contribution < 1.29 is 19.4 Å². The molecular formula is C12H19NO4. The van der Waals surface area contributed by atoms with E-state index in [9.17, 15) is 9.59 Å². The quantitative estimate of drug-likeness (QED) is 0.674. The zero-order valence-corrected chi connectivity index (χ0v) is 9.85. The van der Waals surface area contributed by atoms with E-state index in [0.717, 1.165) is 12.8 Å². The van der Waals surface area contributed by atoms with Crippen molar-refractivity contribution in [2.45, 2.75) is 38.2 Å². The van der Waals surface area contributed by atoms with E-state index in [2.05, 4.69) is 5.32 Å². The van der Waals surface area contributed by atoms with Crippen LogP contribution >= 0.6 is 0 Å². The fourth-order valence-corrected chi connectivity index (χ4v) is 2.34. The zero-order valence-electron chi connectivity index (χ0n) is 9.85. The van der Waals surface area contributed by atoms with Crippen molar-refractivity contribution in [3.63, 3.8) is 0 Å². The molecule has 2 fully saturated rings. The minimum atomic E-state index is -0.868. The first-order valence-electron chi connectivity index (χ1n) is 6.30. The van der Waals surface area contributed by atoms with Crippen molar-refractivity contribution in [3.05, 3.63) is 0 Å². The van der Waals surface area contributed by atoms with Crippen molar-refractivity contribution in [3.8, 4) is 0 Å². The Morgan fingerprint density at radius 2 is 1.94 bits per heavy atom. The number of carbonyl (C=O) groups is 2. The highest BCUT2D eigenvalue weighted by molar-refractivity contribution is 5.89. The predicted molar refractivity (Wildman–Crippen MR) is 60.5 cm³/mol. The van der Waals surface area contributed by atoms with Crippen molar-refractivity contribution >= 4 is 11.9 Å². The van der Waals surface area contributed by atoms with E-state index in [-0.39, 0.29) is 11.8 Å². The Hall–Kier alpha value is -1.10. The van der Waals surface area contributed by atoms with Crippen molar-refractivity contribution in [2.24, 2.45) is 11.8 Å². The summed E-state index contributed by atoms with van der Waals surface area (Å²) in [5.74, 6) is -1.80. The van der Waals surface area contributed by atoms with E-state index in [1.165, 1.54) is 12.8 Å². The number of carboxylic acid groups (broad SMARTS) is 1. The van der Waals surface area contributed by atoms with Gasteiger partial charge in [0.2, 0.25) is 5.91 Å². The average Bonchev–Trinajstić information content (AvgIpc) is 2.95. The lowest BCUT2D eigenvalue weighted by Crippen LogP contribution is -2.30. The van der Waals surface area contributed by atoms with Gasteiger partial charge in [0.05, 0.1) is 24.5 Å². The number of amides is 1. The molecule has 2 aliphatic carbocycles. The highest BCUT2D eigenvalue weighted by Crippen LogP contribution is 2.38. The lowest BCUT2D eigenvalue weighted by atomic mass is 10.3. The van der Waals surface area contributed by atoms with Crippen LogP contribution in [0.15, 0.2) is 0 Å². The van der Waals surface area contributed by atoms with Crippen LogP contribution in [-0.2, 0) is 14.3 Å². The van der Waals surface area contributed by atoms with E-state index in [1.807, 2.05) is 0 Å². The summed E-state index contributed by atoms with van der Waals surface area (Å²) in [5, 5.41) is 11.4. The van der Waals surface area contributed by atoms with Crippen LogP contribution in [0, 0.1) is 11.8 Å². The van der Waals surface area contributed by atoms with Crippen LogP contribution in [0.4, 0.5) is 0 Å². The summed E-state index contributed by atoms with van der Waals surface area (Å²) < 4.78 is 5.60. The third-order valence-corrected chi connectivity index (χ3v) is 3.50. The predicted octanol–water partition coefficient (Wildman–Crippen LogP) is 0.782. The standard InChI is InChI=1S/C12H19NO4/c14-11(9-7-10(9)12(15)16)13-5-6-17-8-3-1-2-4-8/h8-10H,1-7H2,(H,13,14)(H,15,16)/t9-,10-/m1/s1. The van der Waals surface area contributed by atoms with Crippen molar-refractivity contribution in [2.75, 3.05) is 13.2 Å². The van der Waals surface area contributed by atoms with Gasteiger partial charge in [-0.3, -0.25) is 9.59 Å². The fourth-order valence-electron chi connectivity index (χ4n) is 2.34. The van der Waals surface area contributed by atoms with Crippen molar-refractivity contribution in [1.29, 1.82) is 0 Å². The van der Waals surface area contributed by atoms with Crippen LogP contribution in [-0.4, -0.2) is 36.2 Å². The first kappa shape index (κ1) is 12.4. The molecule has 0 radical (unpaired) electrons. The number of carbonyl (C=O) groups excluding carboxylic acids is 1. The van der Waals surface area contributed by atoms with Crippen LogP contribution < -0.4 is 5.32 Å². The molecule has 0 saturated heterocycles. The SMILES string of the molecule is O=C(O)[C@@H]1C[C@H]1C(=O)NCCOC1CCCC1. The second-order valence-corrected chi connectivity index (χ2v) is 4.86. The van der Waals surface area contributed by atoms with Gasteiger partial charge in [-0.05, 0) is 19.3 Å². The largest absolute Gasteiger partial charge is 0.481 e. The molecule has 2 rings (SSSR count). The van der Waals surface area contributed by atoms with E-state index in [0.29, 0.717) is 25.7 Å². The minimum Gasteiger partial charge on any atom is -0.481 e. The summed E-state index contributed by atoms with van der Waals surface area (Å²) in [5.41, 5.74) is 0. The van der Waals surface area contributed by atoms with E-state index in [1.54, 1.807) is 0 Å². The molecule has 2 saturated carbocycles. The molecule has 5 nitrogen and oxygen atoms in total. The monoisotopic (exact) mass is 241 g/mol. The topological polar surface area (TPSA) is 75.6 Å². The lowest BCUT2D eigenvalue weighted by Gasteiger charge is -2.11. The fraction of sp³-hybridized carbons (Fsp3) is 0.833. The third-order valence-electron chi connectivity index (χ3n) is 3.50. The van der Waals surface area contributed by atoms with Crippen LogP contribution in [0.2, 0.25) is 0 Å². The van der Waals surface area contributed by atoms with Gasteiger partial charge in [0.25, 0.3) is 0 Å². The van der Waals surface area contributed by atoms with Gasteiger partial charge in [0.1, 0.15) is 0 Å². The van der Waals surface area contributed by atoms with E-state index >= 15 is 0 Å². The summed E-state index contributed by atoms with van der Waals surface area (Å²) in [6, 6.07) is 0. The smallest absolute Gasteiger partial charge is 0.307 e.